The Hall–Kier alpha value is -1.58. The number of hydrogen-bond donors (Lipinski definition) is 0. The first-order valence-electron chi connectivity index (χ1n) is 4.94. The fourth-order valence-electron chi connectivity index (χ4n) is 1.46. The number of rotatable bonds is 3. The lowest BCUT2D eigenvalue weighted by Gasteiger charge is -2.12. The lowest BCUT2D eigenvalue weighted by Crippen LogP contribution is -2.12. The number of hydrogen-bond acceptors (Lipinski definition) is 3. The van der Waals surface area contributed by atoms with Gasteiger partial charge in [0, 0.05) is 11.6 Å². The van der Waals surface area contributed by atoms with E-state index >= 15 is 0 Å². The zero-order valence-corrected chi connectivity index (χ0v) is 8.82. The van der Waals surface area contributed by atoms with Gasteiger partial charge in [-0.15, -0.1) is 0 Å². The first kappa shape index (κ1) is 9.96. The summed E-state index contributed by atoms with van der Waals surface area (Å²) in [5.74, 6) is 0.720. The Morgan fingerprint density at radius 1 is 1.47 bits per heavy atom. The molecule has 4 heteroatoms. The zero-order valence-electron chi connectivity index (χ0n) is 8.82. The first-order valence-corrected chi connectivity index (χ1v) is 4.94. The standard InChI is InChI=1S/C11H13NO3/c1-8-7-9(15-11(2)5-6-11)3-4-10(8)12(13)14/h3-4,7H,5-6H2,1-2H3. The quantitative estimate of drug-likeness (QED) is 0.565. The van der Waals surface area contributed by atoms with Crippen LogP contribution in [0.15, 0.2) is 18.2 Å². The normalized spacial score (nSPS) is 17.2. The third-order valence-electron chi connectivity index (χ3n) is 2.68. The topological polar surface area (TPSA) is 52.4 Å². The van der Waals surface area contributed by atoms with E-state index < -0.39 is 0 Å². The predicted octanol–water partition coefficient (Wildman–Crippen LogP) is 2.83. The van der Waals surface area contributed by atoms with Crippen molar-refractivity contribution in [3.05, 3.63) is 33.9 Å². The van der Waals surface area contributed by atoms with E-state index in [0.29, 0.717) is 5.56 Å². The minimum atomic E-state index is -0.377. The average molecular weight is 207 g/mol. The second kappa shape index (κ2) is 3.22. The minimum Gasteiger partial charge on any atom is -0.488 e. The molecule has 0 atom stereocenters. The van der Waals surface area contributed by atoms with Crippen molar-refractivity contribution in [2.45, 2.75) is 32.3 Å². The minimum absolute atomic E-state index is 0.0391. The van der Waals surface area contributed by atoms with Crippen LogP contribution in [0.5, 0.6) is 5.75 Å². The Bertz CT molecular complexity index is 410. The van der Waals surface area contributed by atoms with Crippen molar-refractivity contribution in [3.8, 4) is 5.75 Å². The van der Waals surface area contributed by atoms with Gasteiger partial charge in [0.2, 0.25) is 0 Å². The molecule has 1 aliphatic rings. The lowest BCUT2D eigenvalue weighted by atomic mass is 10.2. The third-order valence-corrected chi connectivity index (χ3v) is 2.68. The number of nitro benzene ring substituents is 1. The summed E-state index contributed by atoms with van der Waals surface area (Å²) >= 11 is 0. The lowest BCUT2D eigenvalue weighted by molar-refractivity contribution is -0.385. The van der Waals surface area contributed by atoms with E-state index in [2.05, 4.69) is 0 Å². The van der Waals surface area contributed by atoms with Gasteiger partial charge in [-0.1, -0.05) is 0 Å². The Kier molecular flexibility index (Phi) is 2.14. The number of nitro groups is 1. The van der Waals surface area contributed by atoms with Crippen molar-refractivity contribution >= 4 is 5.69 Å². The van der Waals surface area contributed by atoms with Gasteiger partial charge in [-0.3, -0.25) is 10.1 Å². The highest BCUT2D eigenvalue weighted by Gasteiger charge is 2.40. The molecule has 1 saturated carbocycles. The maximum Gasteiger partial charge on any atom is 0.272 e. The maximum atomic E-state index is 10.6. The average Bonchev–Trinajstić information content (AvgIpc) is 2.82. The Balaban J connectivity index is 2.21. The van der Waals surface area contributed by atoms with Crippen molar-refractivity contribution in [3.63, 3.8) is 0 Å². The van der Waals surface area contributed by atoms with Gasteiger partial charge in [0.05, 0.1) is 4.92 Å². The van der Waals surface area contributed by atoms with E-state index in [4.69, 9.17) is 4.74 Å². The maximum absolute atomic E-state index is 10.6. The number of ether oxygens (including phenoxy) is 1. The molecule has 1 fully saturated rings. The van der Waals surface area contributed by atoms with Crippen LogP contribution < -0.4 is 4.74 Å². The summed E-state index contributed by atoms with van der Waals surface area (Å²) in [4.78, 5) is 10.2. The van der Waals surface area contributed by atoms with E-state index in [-0.39, 0.29) is 16.2 Å². The molecular formula is C11H13NO3. The molecule has 0 heterocycles. The van der Waals surface area contributed by atoms with Gasteiger partial charge in [0.15, 0.2) is 0 Å². The number of benzene rings is 1. The molecule has 0 N–H and O–H groups in total. The van der Waals surface area contributed by atoms with Gasteiger partial charge in [-0.05, 0) is 38.8 Å². The summed E-state index contributed by atoms with van der Waals surface area (Å²) in [5, 5.41) is 10.6. The fourth-order valence-corrected chi connectivity index (χ4v) is 1.46. The van der Waals surface area contributed by atoms with Crippen molar-refractivity contribution in [2.75, 3.05) is 0 Å². The molecule has 0 amide bonds. The highest BCUT2D eigenvalue weighted by molar-refractivity contribution is 5.44. The van der Waals surface area contributed by atoms with Crippen molar-refractivity contribution in [1.29, 1.82) is 0 Å². The Labute approximate surface area is 88.0 Å². The molecule has 1 aromatic carbocycles. The molecule has 15 heavy (non-hydrogen) atoms. The molecule has 0 spiro atoms. The molecule has 0 aromatic heterocycles. The monoisotopic (exact) mass is 207 g/mol. The molecule has 0 unspecified atom stereocenters. The Morgan fingerprint density at radius 3 is 2.60 bits per heavy atom. The van der Waals surface area contributed by atoms with E-state index in [1.807, 2.05) is 6.92 Å². The second-order valence-electron chi connectivity index (χ2n) is 4.26. The van der Waals surface area contributed by atoms with Gasteiger partial charge in [0.1, 0.15) is 11.4 Å². The molecule has 0 saturated heterocycles. The molecule has 4 nitrogen and oxygen atoms in total. The largest absolute Gasteiger partial charge is 0.488 e. The van der Waals surface area contributed by atoms with E-state index in [1.54, 1.807) is 19.1 Å². The SMILES string of the molecule is Cc1cc(OC2(C)CC2)ccc1[N+](=O)[O-]. The van der Waals surface area contributed by atoms with E-state index in [0.717, 1.165) is 18.6 Å². The van der Waals surface area contributed by atoms with Gasteiger partial charge >= 0.3 is 0 Å². The van der Waals surface area contributed by atoms with Gasteiger partial charge in [-0.25, -0.2) is 0 Å². The molecule has 0 bridgehead atoms. The van der Waals surface area contributed by atoms with Gasteiger partial charge in [0.25, 0.3) is 5.69 Å². The van der Waals surface area contributed by atoms with E-state index in [1.165, 1.54) is 6.07 Å². The number of aryl methyl sites for hydroxylation is 1. The van der Waals surface area contributed by atoms with E-state index in [9.17, 15) is 10.1 Å². The highest BCUT2D eigenvalue weighted by atomic mass is 16.6. The highest BCUT2D eigenvalue weighted by Crippen LogP contribution is 2.40. The molecule has 80 valence electrons. The van der Waals surface area contributed by atoms with Crippen molar-refractivity contribution in [2.24, 2.45) is 0 Å². The van der Waals surface area contributed by atoms with Crippen LogP contribution in [0.1, 0.15) is 25.3 Å². The smallest absolute Gasteiger partial charge is 0.272 e. The zero-order chi connectivity index (χ0) is 11.1. The molecule has 2 rings (SSSR count). The summed E-state index contributed by atoms with van der Waals surface area (Å²) in [6.07, 6.45) is 2.12. The predicted molar refractivity (Wildman–Crippen MR) is 56.1 cm³/mol. The summed E-state index contributed by atoms with van der Waals surface area (Å²) in [5.41, 5.74) is 0.743. The fraction of sp³-hybridized carbons (Fsp3) is 0.455. The van der Waals surface area contributed by atoms with Crippen molar-refractivity contribution in [1.82, 2.24) is 0 Å². The van der Waals surface area contributed by atoms with Gasteiger partial charge < -0.3 is 4.74 Å². The molecule has 1 aliphatic carbocycles. The summed E-state index contributed by atoms with van der Waals surface area (Å²) in [6, 6.07) is 4.88. The van der Waals surface area contributed by atoms with Crippen LogP contribution in [0.2, 0.25) is 0 Å². The Morgan fingerprint density at radius 2 is 2.13 bits per heavy atom. The molecule has 0 aliphatic heterocycles. The first-order chi connectivity index (χ1) is 7.00. The van der Waals surface area contributed by atoms with Crippen molar-refractivity contribution < 1.29 is 9.66 Å². The summed E-state index contributed by atoms with van der Waals surface area (Å²) in [6.45, 7) is 3.77. The van der Waals surface area contributed by atoms with Crippen LogP contribution in [0, 0.1) is 17.0 Å². The number of nitrogens with zero attached hydrogens (tertiary/aromatic N) is 1. The van der Waals surface area contributed by atoms with Crippen LogP contribution in [-0.2, 0) is 0 Å². The second-order valence-corrected chi connectivity index (χ2v) is 4.26. The summed E-state index contributed by atoms with van der Waals surface area (Å²) < 4.78 is 5.71. The van der Waals surface area contributed by atoms with Gasteiger partial charge in [-0.2, -0.15) is 0 Å². The molecular weight excluding hydrogens is 194 g/mol. The van der Waals surface area contributed by atoms with Crippen LogP contribution >= 0.6 is 0 Å². The third kappa shape index (κ3) is 2.09. The van der Waals surface area contributed by atoms with Crippen LogP contribution in [0.25, 0.3) is 0 Å². The molecule has 0 radical (unpaired) electrons. The van der Waals surface area contributed by atoms with Crippen LogP contribution in [0.3, 0.4) is 0 Å². The van der Waals surface area contributed by atoms with Crippen LogP contribution in [0.4, 0.5) is 5.69 Å². The summed E-state index contributed by atoms with van der Waals surface area (Å²) in [7, 11) is 0. The molecule has 1 aromatic rings. The van der Waals surface area contributed by atoms with Crippen LogP contribution in [-0.4, -0.2) is 10.5 Å².